The Bertz CT molecular complexity index is 959. The molecule has 0 spiro atoms. The zero-order chi connectivity index (χ0) is 25.6. The van der Waals surface area contributed by atoms with E-state index in [1.54, 1.807) is 0 Å². The number of aryl methyl sites for hydroxylation is 4. The largest absolute Gasteiger partial charge is 0.373 e. The molecule has 3 aromatic rings. The summed E-state index contributed by atoms with van der Waals surface area (Å²) < 4.78 is 5.32. The third-order valence-electron chi connectivity index (χ3n) is 5.96. The van der Waals surface area contributed by atoms with Crippen LogP contribution in [-0.2, 0) is 11.3 Å². The summed E-state index contributed by atoms with van der Waals surface area (Å²) in [5.74, 6) is 0. The molecule has 0 amide bonds. The van der Waals surface area contributed by atoms with Gasteiger partial charge in [0.1, 0.15) is 5.69 Å². The van der Waals surface area contributed by atoms with Gasteiger partial charge in [-0.05, 0) is 63.4 Å². The molecule has 3 N–H and O–H groups in total. The molecule has 1 aliphatic heterocycles. The minimum atomic E-state index is 0.390. The van der Waals surface area contributed by atoms with Crippen molar-refractivity contribution in [3.05, 3.63) is 100 Å². The fraction of sp³-hybridized carbons (Fsp3) is 0.419. The summed E-state index contributed by atoms with van der Waals surface area (Å²) in [6.07, 6.45) is 2.81. The lowest BCUT2D eigenvalue weighted by molar-refractivity contribution is -0.810. The van der Waals surface area contributed by atoms with Crippen molar-refractivity contribution in [2.24, 2.45) is 0 Å². The highest BCUT2D eigenvalue weighted by atomic mass is 16.5. The summed E-state index contributed by atoms with van der Waals surface area (Å²) in [6, 6.07) is 23.7. The van der Waals surface area contributed by atoms with E-state index >= 15 is 0 Å². The summed E-state index contributed by atoms with van der Waals surface area (Å²) in [5.41, 5.74) is 15.4. The minimum absolute atomic E-state index is 0.390. The second kappa shape index (κ2) is 15.5. The van der Waals surface area contributed by atoms with Crippen LogP contribution in [-0.4, -0.2) is 27.2 Å². The van der Waals surface area contributed by atoms with Crippen LogP contribution in [0.3, 0.4) is 0 Å². The van der Waals surface area contributed by atoms with Crippen molar-refractivity contribution in [1.82, 2.24) is 10.9 Å². The summed E-state index contributed by atoms with van der Waals surface area (Å²) in [5, 5.41) is 0. The third kappa shape index (κ3) is 10.7. The minimum Gasteiger partial charge on any atom is -0.373 e. The van der Waals surface area contributed by atoms with E-state index in [-0.39, 0.29) is 0 Å². The van der Waals surface area contributed by atoms with E-state index in [0.29, 0.717) is 6.10 Å². The molecule has 1 saturated heterocycles. The Kier molecular flexibility index (Phi) is 12.7. The summed E-state index contributed by atoms with van der Waals surface area (Å²) >= 11 is 0. The lowest BCUT2D eigenvalue weighted by atomic mass is 10.0. The first-order valence-corrected chi connectivity index (χ1v) is 12.9. The molecular weight excluding hydrogens is 430 g/mol. The number of nitrogens with one attached hydrogen (secondary N) is 3. The Morgan fingerprint density at radius 1 is 0.857 bits per heavy atom. The van der Waals surface area contributed by atoms with Crippen molar-refractivity contribution in [3.8, 4) is 0 Å². The highest BCUT2D eigenvalue weighted by molar-refractivity contribution is 5.37. The van der Waals surface area contributed by atoms with Gasteiger partial charge in [-0.25, -0.2) is 0 Å². The van der Waals surface area contributed by atoms with Crippen LogP contribution in [0.25, 0.3) is 0 Å². The molecule has 0 bridgehead atoms. The second-order valence-electron chi connectivity index (χ2n) is 9.57. The average molecular weight is 477 g/mol. The maximum atomic E-state index is 5.32. The van der Waals surface area contributed by atoms with Crippen LogP contribution in [0.5, 0.6) is 0 Å². The molecule has 2 unspecified atom stereocenters. The van der Waals surface area contributed by atoms with Crippen LogP contribution in [0.1, 0.15) is 59.3 Å². The van der Waals surface area contributed by atoms with Gasteiger partial charge in [-0.3, -0.25) is 10.9 Å². The highest BCUT2D eigenvalue weighted by Gasteiger charge is 2.19. The maximum Gasteiger partial charge on any atom is 0.131 e. The van der Waals surface area contributed by atoms with Gasteiger partial charge in [0.25, 0.3) is 0 Å². The van der Waals surface area contributed by atoms with Gasteiger partial charge in [0, 0.05) is 25.1 Å². The molecule has 0 aliphatic carbocycles. The molecule has 0 aromatic heterocycles. The van der Waals surface area contributed by atoms with Crippen LogP contribution in [0.15, 0.2) is 66.7 Å². The van der Waals surface area contributed by atoms with Crippen molar-refractivity contribution in [2.75, 3.05) is 27.2 Å². The fourth-order valence-electron chi connectivity index (χ4n) is 4.27. The monoisotopic (exact) mass is 476 g/mol. The Morgan fingerprint density at radius 3 is 1.86 bits per heavy atom. The molecule has 1 fully saturated rings. The quantitative estimate of drug-likeness (QED) is 0.392. The SMILES string of the molecule is CCC[NH+](C)c1cc(C)cc(C)c1.CNNCc1cc(C)cc(C)c1.c1ccc(C2CCO2)cc1. The van der Waals surface area contributed by atoms with Gasteiger partial charge in [0.05, 0.1) is 26.3 Å². The van der Waals surface area contributed by atoms with Crippen LogP contribution in [0, 0.1) is 27.7 Å². The van der Waals surface area contributed by atoms with Crippen molar-refractivity contribution >= 4 is 5.69 Å². The first-order valence-electron chi connectivity index (χ1n) is 12.9. The summed E-state index contributed by atoms with van der Waals surface area (Å²) in [6.45, 7) is 13.8. The first kappa shape index (κ1) is 28.7. The molecule has 35 heavy (non-hydrogen) atoms. The topological polar surface area (TPSA) is 37.7 Å². The van der Waals surface area contributed by atoms with Crippen LogP contribution >= 0.6 is 0 Å². The summed E-state index contributed by atoms with van der Waals surface area (Å²) in [7, 11) is 4.11. The Hall–Kier alpha value is -2.50. The Labute approximate surface area is 213 Å². The molecule has 4 heteroatoms. The predicted molar refractivity (Wildman–Crippen MR) is 149 cm³/mol. The average Bonchev–Trinajstić information content (AvgIpc) is 2.77. The van der Waals surface area contributed by atoms with Crippen LogP contribution in [0.2, 0.25) is 0 Å². The van der Waals surface area contributed by atoms with Crippen molar-refractivity contribution in [1.29, 1.82) is 0 Å². The molecule has 1 aliphatic rings. The van der Waals surface area contributed by atoms with Gasteiger partial charge >= 0.3 is 0 Å². The van der Waals surface area contributed by atoms with Gasteiger partial charge < -0.3 is 9.64 Å². The molecule has 1 heterocycles. The summed E-state index contributed by atoms with van der Waals surface area (Å²) in [4.78, 5) is 1.51. The molecular formula is C31H46N3O+. The zero-order valence-corrected chi connectivity index (χ0v) is 22.9. The van der Waals surface area contributed by atoms with Crippen molar-refractivity contribution in [2.45, 2.75) is 60.1 Å². The molecule has 3 aromatic carbocycles. The van der Waals surface area contributed by atoms with Crippen molar-refractivity contribution in [3.63, 3.8) is 0 Å². The molecule has 190 valence electrons. The third-order valence-corrected chi connectivity index (χ3v) is 5.96. The smallest absolute Gasteiger partial charge is 0.131 e. The van der Waals surface area contributed by atoms with Gasteiger partial charge in [-0.2, -0.15) is 0 Å². The Balaban J connectivity index is 0.000000186. The second-order valence-corrected chi connectivity index (χ2v) is 9.57. The van der Waals surface area contributed by atoms with E-state index in [1.807, 2.05) is 13.1 Å². The van der Waals surface area contributed by atoms with Crippen LogP contribution < -0.4 is 15.8 Å². The van der Waals surface area contributed by atoms with Crippen LogP contribution in [0.4, 0.5) is 5.69 Å². The fourth-order valence-corrected chi connectivity index (χ4v) is 4.27. The number of rotatable bonds is 7. The number of hydrogen-bond acceptors (Lipinski definition) is 3. The highest BCUT2D eigenvalue weighted by Crippen LogP contribution is 2.28. The normalized spacial score (nSPS) is 15.1. The molecule has 4 nitrogen and oxygen atoms in total. The number of quaternary nitrogens is 1. The van der Waals surface area contributed by atoms with E-state index in [1.165, 1.54) is 63.4 Å². The first-order chi connectivity index (χ1) is 16.8. The standard InChI is InChI=1S/C12H19N.C10H16N2.C9H10O/c1-5-6-13(4)12-8-10(2)7-11(3)9-12;1-8-4-9(2)6-10(5-8)7-12-11-3;1-2-4-8(5-3-1)9-6-7-10-9/h7-9H,5-6H2,1-4H3;4-6,11-12H,7H2,1-3H3;1-5,9H,6-7H2/p+1. The van der Waals surface area contributed by atoms with Gasteiger partial charge in [-0.15, -0.1) is 0 Å². The lowest BCUT2D eigenvalue weighted by Crippen LogP contribution is -3.03. The molecule has 0 saturated carbocycles. The van der Waals surface area contributed by atoms with E-state index in [4.69, 9.17) is 4.74 Å². The molecule has 0 radical (unpaired) electrons. The number of hydrogen-bond donors (Lipinski definition) is 3. The molecule has 2 atom stereocenters. The number of ether oxygens (including phenoxy) is 1. The maximum absolute atomic E-state index is 5.32. The van der Waals surface area contributed by atoms with E-state index < -0.39 is 0 Å². The number of hydrazine groups is 1. The predicted octanol–water partition coefficient (Wildman–Crippen LogP) is 5.54. The van der Waals surface area contributed by atoms with Gasteiger partial charge in [-0.1, -0.05) is 72.6 Å². The van der Waals surface area contributed by atoms with E-state index in [2.05, 4.69) is 113 Å². The van der Waals surface area contributed by atoms with E-state index in [0.717, 1.165) is 13.2 Å². The lowest BCUT2D eigenvalue weighted by Gasteiger charge is -2.26. The zero-order valence-electron chi connectivity index (χ0n) is 22.9. The number of benzene rings is 3. The van der Waals surface area contributed by atoms with Gasteiger partial charge in [0.2, 0.25) is 0 Å². The Morgan fingerprint density at radius 2 is 1.40 bits per heavy atom. The molecule has 4 rings (SSSR count). The van der Waals surface area contributed by atoms with Gasteiger partial charge in [0.15, 0.2) is 0 Å². The van der Waals surface area contributed by atoms with Crippen molar-refractivity contribution < 1.29 is 9.64 Å². The van der Waals surface area contributed by atoms with E-state index in [9.17, 15) is 0 Å².